The van der Waals surface area contributed by atoms with Crippen molar-refractivity contribution in [2.75, 3.05) is 0 Å². The van der Waals surface area contributed by atoms with Crippen LogP contribution in [0.2, 0.25) is 0 Å². The third-order valence-corrected chi connectivity index (χ3v) is 2.23. The van der Waals surface area contributed by atoms with Gasteiger partial charge in [0.1, 0.15) is 0 Å². The summed E-state index contributed by atoms with van der Waals surface area (Å²) in [6.45, 7) is 3.49. The smallest absolute Gasteiger partial charge is 0.337 e. The lowest BCUT2D eigenvalue weighted by atomic mass is 10.1. The van der Waals surface area contributed by atoms with Gasteiger partial charge in [-0.25, -0.2) is 9.31 Å². The average molecular weight is 191 g/mol. The molecule has 0 aromatic carbocycles. The van der Waals surface area contributed by atoms with Crippen molar-refractivity contribution < 1.29 is 9.90 Å². The number of fused-ring (bicyclic) bond motifs is 1. The minimum absolute atomic E-state index is 0.294. The number of hydrogen-bond donors (Lipinski definition) is 1. The third kappa shape index (κ3) is 1.06. The van der Waals surface area contributed by atoms with Crippen LogP contribution in [-0.4, -0.2) is 25.9 Å². The molecule has 0 aliphatic heterocycles. The molecule has 0 radical (unpaired) electrons. The molecule has 0 fully saturated rings. The second-order valence-electron chi connectivity index (χ2n) is 3.16. The molecule has 0 spiro atoms. The van der Waals surface area contributed by atoms with Crippen molar-refractivity contribution >= 4 is 11.5 Å². The monoisotopic (exact) mass is 191 g/mol. The zero-order valence-electron chi connectivity index (χ0n) is 7.85. The Labute approximate surface area is 80.0 Å². The molecule has 5 heteroatoms. The number of carbonyl (C=O) groups is 1. The van der Waals surface area contributed by atoms with Gasteiger partial charge in [0.25, 0.3) is 0 Å². The van der Waals surface area contributed by atoms with Crippen molar-refractivity contribution in [3.05, 3.63) is 29.1 Å². The molecule has 2 aromatic rings. The van der Waals surface area contributed by atoms with Gasteiger partial charge in [-0.3, -0.25) is 0 Å². The van der Waals surface area contributed by atoms with Crippen LogP contribution in [0.5, 0.6) is 0 Å². The van der Waals surface area contributed by atoms with E-state index in [-0.39, 0.29) is 0 Å². The van der Waals surface area contributed by atoms with E-state index in [1.165, 1.54) is 4.52 Å². The molecule has 2 rings (SSSR count). The molecule has 72 valence electrons. The molecule has 0 atom stereocenters. The Hall–Kier alpha value is -1.91. The van der Waals surface area contributed by atoms with Crippen LogP contribution in [0.25, 0.3) is 5.52 Å². The number of aryl methyl sites for hydroxylation is 2. The van der Waals surface area contributed by atoms with Crippen LogP contribution in [0.1, 0.15) is 21.6 Å². The van der Waals surface area contributed by atoms with E-state index in [0.29, 0.717) is 11.3 Å². The highest BCUT2D eigenvalue weighted by molar-refractivity contribution is 5.91. The van der Waals surface area contributed by atoms with E-state index in [1.54, 1.807) is 26.1 Å². The highest BCUT2D eigenvalue weighted by Gasteiger charge is 2.14. The second-order valence-corrected chi connectivity index (χ2v) is 3.16. The van der Waals surface area contributed by atoms with Crippen molar-refractivity contribution in [3.63, 3.8) is 0 Å². The summed E-state index contributed by atoms with van der Waals surface area (Å²) >= 11 is 0. The van der Waals surface area contributed by atoms with Crippen molar-refractivity contribution in [2.45, 2.75) is 13.8 Å². The maximum absolute atomic E-state index is 10.9. The van der Waals surface area contributed by atoms with Gasteiger partial charge in [-0.1, -0.05) is 5.21 Å². The largest absolute Gasteiger partial charge is 0.478 e. The van der Waals surface area contributed by atoms with Crippen molar-refractivity contribution in [1.29, 1.82) is 0 Å². The number of aromatic carboxylic acids is 1. The number of rotatable bonds is 1. The Balaban J connectivity index is 2.89. The van der Waals surface area contributed by atoms with Crippen LogP contribution >= 0.6 is 0 Å². The normalized spacial score (nSPS) is 10.7. The fourth-order valence-corrected chi connectivity index (χ4v) is 1.61. The minimum atomic E-state index is -0.933. The molecule has 1 N–H and O–H groups in total. The summed E-state index contributed by atoms with van der Waals surface area (Å²) < 4.78 is 1.52. The maximum atomic E-state index is 10.9. The number of pyridine rings is 1. The highest BCUT2D eigenvalue weighted by atomic mass is 16.4. The summed E-state index contributed by atoms with van der Waals surface area (Å²) in [4.78, 5) is 10.9. The van der Waals surface area contributed by atoms with Gasteiger partial charge in [-0.2, -0.15) is 0 Å². The average Bonchev–Trinajstić information content (AvgIpc) is 2.50. The van der Waals surface area contributed by atoms with Gasteiger partial charge in [0.2, 0.25) is 0 Å². The molecule has 2 aromatic heterocycles. The summed E-state index contributed by atoms with van der Waals surface area (Å²) in [5.41, 5.74) is 2.43. The van der Waals surface area contributed by atoms with Crippen LogP contribution in [-0.2, 0) is 0 Å². The molecule has 0 saturated carbocycles. The molecule has 14 heavy (non-hydrogen) atoms. The zero-order chi connectivity index (χ0) is 10.3. The van der Waals surface area contributed by atoms with Crippen LogP contribution in [0.4, 0.5) is 0 Å². The molecule has 0 unspecified atom stereocenters. The SMILES string of the molecule is Cc1cc2cnnn2c(C)c1C(=O)O. The predicted molar refractivity (Wildman–Crippen MR) is 49.4 cm³/mol. The fourth-order valence-electron chi connectivity index (χ4n) is 1.61. The Morgan fingerprint density at radius 1 is 1.50 bits per heavy atom. The molecule has 5 nitrogen and oxygen atoms in total. The van der Waals surface area contributed by atoms with Gasteiger partial charge in [0, 0.05) is 0 Å². The first-order valence-corrected chi connectivity index (χ1v) is 4.15. The maximum Gasteiger partial charge on any atom is 0.337 e. The van der Waals surface area contributed by atoms with Crippen LogP contribution in [0.15, 0.2) is 12.3 Å². The molecular weight excluding hydrogens is 182 g/mol. The number of carboxylic acids is 1. The van der Waals surface area contributed by atoms with Gasteiger partial charge in [0.05, 0.1) is 23.0 Å². The minimum Gasteiger partial charge on any atom is -0.478 e. The van der Waals surface area contributed by atoms with E-state index >= 15 is 0 Å². The lowest BCUT2D eigenvalue weighted by Crippen LogP contribution is -2.08. The Morgan fingerprint density at radius 3 is 2.86 bits per heavy atom. The number of nitrogens with zero attached hydrogens (tertiary/aromatic N) is 3. The summed E-state index contributed by atoms with van der Waals surface area (Å²) in [5, 5.41) is 16.5. The van der Waals surface area contributed by atoms with Gasteiger partial charge in [0.15, 0.2) is 0 Å². The van der Waals surface area contributed by atoms with Gasteiger partial charge < -0.3 is 5.11 Å². The zero-order valence-corrected chi connectivity index (χ0v) is 7.85. The van der Waals surface area contributed by atoms with E-state index in [9.17, 15) is 4.79 Å². The van der Waals surface area contributed by atoms with Crippen molar-refractivity contribution in [1.82, 2.24) is 14.8 Å². The van der Waals surface area contributed by atoms with Crippen LogP contribution in [0.3, 0.4) is 0 Å². The predicted octanol–water partition coefficient (Wildman–Crippen LogP) is 1.04. The quantitative estimate of drug-likeness (QED) is 0.731. The van der Waals surface area contributed by atoms with Crippen molar-refractivity contribution in [2.24, 2.45) is 0 Å². The van der Waals surface area contributed by atoms with Gasteiger partial charge in [-0.05, 0) is 25.5 Å². The summed E-state index contributed by atoms with van der Waals surface area (Å²) in [5.74, 6) is -0.933. The van der Waals surface area contributed by atoms with Crippen LogP contribution in [0, 0.1) is 13.8 Å². The number of carboxylic acid groups (broad SMARTS) is 1. The van der Waals surface area contributed by atoms with Crippen molar-refractivity contribution in [3.8, 4) is 0 Å². The second kappa shape index (κ2) is 2.80. The number of hydrogen-bond acceptors (Lipinski definition) is 3. The molecular formula is C9H9N3O2. The molecule has 2 heterocycles. The first-order valence-electron chi connectivity index (χ1n) is 4.15. The Kier molecular flexibility index (Phi) is 1.73. The van der Waals surface area contributed by atoms with E-state index in [4.69, 9.17) is 5.11 Å². The molecule has 0 aliphatic rings. The molecule has 0 saturated heterocycles. The summed E-state index contributed by atoms with van der Waals surface area (Å²) in [6, 6.07) is 1.76. The topological polar surface area (TPSA) is 67.5 Å². The summed E-state index contributed by atoms with van der Waals surface area (Å²) in [7, 11) is 0. The molecule has 0 aliphatic carbocycles. The van der Waals surface area contributed by atoms with E-state index in [1.807, 2.05) is 0 Å². The van der Waals surface area contributed by atoms with E-state index in [2.05, 4.69) is 10.3 Å². The first-order chi connectivity index (χ1) is 6.61. The molecule has 0 amide bonds. The lowest BCUT2D eigenvalue weighted by Gasteiger charge is -2.06. The molecule has 0 bridgehead atoms. The Bertz CT molecular complexity index is 516. The first kappa shape index (κ1) is 8.68. The van der Waals surface area contributed by atoms with E-state index < -0.39 is 5.97 Å². The Morgan fingerprint density at radius 2 is 2.21 bits per heavy atom. The van der Waals surface area contributed by atoms with Gasteiger partial charge in [-0.15, -0.1) is 5.10 Å². The third-order valence-electron chi connectivity index (χ3n) is 2.23. The van der Waals surface area contributed by atoms with E-state index in [0.717, 1.165) is 11.1 Å². The highest BCUT2D eigenvalue weighted by Crippen LogP contribution is 2.16. The summed E-state index contributed by atoms with van der Waals surface area (Å²) in [6.07, 6.45) is 1.60. The fraction of sp³-hybridized carbons (Fsp3) is 0.222. The lowest BCUT2D eigenvalue weighted by molar-refractivity contribution is 0.0694. The van der Waals surface area contributed by atoms with Gasteiger partial charge >= 0.3 is 5.97 Å². The standard InChI is InChI=1S/C9H9N3O2/c1-5-3-7-4-10-11-12(7)6(2)8(5)9(13)14/h3-4H,1-2H3,(H,13,14). The number of aromatic nitrogens is 3. The van der Waals surface area contributed by atoms with Crippen LogP contribution < -0.4 is 0 Å².